The van der Waals surface area contributed by atoms with Gasteiger partial charge in [-0.05, 0) is 23.6 Å². The highest BCUT2D eigenvalue weighted by molar-refractivity contribution is 6.00. The number of nitrogens with zero attached hydrogens (tertiary/aromatic N) is 1. The van der Waals surface area contributed by atoms with Gasteiger partial charge in [0, 0.05) is 12.4 Å². The number of rotatable bonds is 4. The lowest BCUT2D eigenvalue weighted by atomic mass is 9.79. The van der Waals surface area contributed by atoms with E-state index in [1.165, 1.54) is 6.20 Å². The predicted octanol–water partition coefficient (Wildman–Crippen LogP) is 1.45. The van der Waals surface area contributed by atoms with Crippen LogP contribution >= 0.6 is 0 Å². The first-order chi connectivity index (χ1) is 11.1. The van der Waals surface area contributed by atoms with Crippen molar-refractivity contribution in [1.82, 2.24) is 10.3 Å². The molecule has 2 aliphatic heterocycles. The van der Waals surface area contributed by atoms with E-state index in [0.29, 0.717) is 17.7 Å². The standard InChI is InChI=1S/C16H15FN2O4/c1-2-8-3-4-18-6-9(8)12-13(15(20)21)10(5-17)19-11-7-23-16(22)14(11)12/h3-4,6,12,19H,2,5,7H2,1H3,(H,20,21). The number of aryl methyl sites for hydroxylation is 1. The van der Waals surface area contributed by atoms with Crippen LogP contribution in [0.1, 0.15) is 24.0 Å². The summed E-state index contributed by atoms with van der Waals surface area (Å²) in [6.07, 6.45) is 3.77. The Bertz CT molecular complexity index is 754. The number of carbonyl (C=O) groups excluding carboxylic acids is 1. The van der Waals surface area contributed by atoms with Crippen molar-refractivity contribution < 1.29 is 23.8 Å². The fourth-order valence-electron chi connectivity index (χ4n) is 3.07. The first-order valence-electron chi connectivity index (χ1n) is 7.20. The van der Waals surface area contributed by atoms with E-state index in [1.54, 1.807) is 12.3 Å². The van der Waals surface area contributed by atoms with Crippen LogP contribution in [-0.4, -0.2) is 35.3 Å². The van der Waals surface area contributed by atoms with Crippen LogP contribution in [0.15, 0.2) is 41.0 Å². The molecule has 0 saturated carbocycles. The fraction of sp³-hybridized carbons (Fsp3) is 0.312. The molecular formula is C16H15FN2O4. The molecule has 2 N–H and O–H groups in total. The molecule has 2 aliphatic rings. The molecule has 0 radical (unpaired) electrons. The van der Waals surface area contributed by atoms with Gasteiger partial charge >= 0.3 is 11.9 Å². The summed E-state index contributed by atoms with van der Waals surface area (Å²) in [6, 6.07) is 1.77. The summed E-state index contributed by atoms with van der Waals surface area (Å²) in [5, 5.41) is 12.3. The number of ether oxygens (including phenoxy) is 1. The van der Waals surface area contributed by atoms with E-state index in [4.69, 9.17) is 4.74 Å². The normalized spacial score (nSPS) is 20.3. The Morgan fingerprint density at radius 1 is 1.57 bits per heavy atom. The van der Waals surface area contributed by atoms with Gasteiger partial charge in [-0.15, -0.1) is 0 Å². The Morgan fingerprint density at radius 2 is 2.35 bits per heavy atom. The molecule has 0 fully saturated rings. The van der Waals surface area contributed by atoms with E-state index >= 15 is 0 Å². The highest BCUT2D eigenvalue weighted by Crippen LogP contribution is 2.42. The molecule has 1 atom stereocenters. The number of halogens is 1. The lowest BCUT2D eigenvalue weighted by Gasteiger charge is -2.27. The average molecular weight is 318 g/mol. The number of carboxylic acid groups (broad SMARTS) is 1. The van der Waals surface area contributed by atoms with Crippen molar-refractivity contribution in [3.63, 3.8) is 0 Å². The average Bonchev–Trinajstić information content (AvgIpc) is 2.93. The van der Waals surface area contributed by atoms with Gasteiger partial charge < -0.3 is 15.2 Å². The highest BCUT2D eigenvalue weighted by atomic mass is 19.1. The quantitative estimate of drug-likeness (QED) is 0.817. The molecule has 0 aliphatic carbocycles. The minimum Gasteiger partial charge on any atom is -0.478 e. The molecule has 0 bridgehead atoms. The third-order valence-corrected chi connectivity index (χ3v) is 4.10. The summed E-state index contributed by atoms with van der Waals surface area (Å²) in [5.74, 6) is -2.74. The van der Waals surface area contributed by atoms with Gasteiger partial charge in [-0.1, -0.05) is 6.92 Å². The van der Waals surface area contributed by atoms with Crippen molar-refractivity contribution in [2.75, 3.05) is 13.3 Å². The number of allylic oxidation sites excluding steroid dienone is 1. The molecule has 7 heteroatoms. The Labute approximate surface area is 131 Å². The zero-order valence-corrected chi connectivity index (χ0v) is 12.4. The van der Waals surface area contributed by atoms with Crippen LogP contribution in [-0.2, 0) is 20.7 Å². The fourth-order valence-corrected chi connectivity index (χ4v) is 3.07. The van der Waals surface area contributed by atoms with Crippen LogP contribution in [0, 0.1) is 0 Å². The minimum atomic E-state index is -1.27. The second-order valence-electron chi connectivity index (χ2n) is 5.29. The number of hydrogen-bond acceptors (Lipinski definition) is 5. The minimum absolute atomic E-state index is 0.0111. The van der Waals surface area contributed by atoms with E-state index in [-0.39, 0.29) is 23.5 Å². The van der Waals surface area contributed by atoms with Gasteiger partial charge in [-0.25, -0.2) is 14.0 Å². The van der Waals surface area contributed by atoms with Crippen molar-refractivity contribution in [2.45, 2.75) is 19.3 Å². The molecule has 120 valence electrons. The van der Waals surface area contributed by atoms with Crippen LogP contribution in [0.2, 0.25) is 0 Å². The Balaban J connectivity index is 2.25. The zero-order valence-electron chi connectivity index (χ0n) is 12.4. The number of carbonyl (C=O) groups is 2. The van der Waals surface area contributed by atoms with Crippen LogP contribution < -0.4 is 5.32 Å². The number of dihydropyridines is 1. The van der Waals surface area contributed by atoms with E-state index < -0.39 is 24.5 Å². The molecule has 1 aromatic rings. The number of hydrogen-bond donors (Lipinski definition) is 2. The SMILES string of the molecule is CCc1ccncc1C1C(C(=O)O)=C(CF)NC2=C1C(=O)OC2. The topological polar surface area (TPSA) is 88.5 Å². The lowest BCUT2D eigenvalue weighted by Crippen LogP contribution is -2.31. The van der Waals surface area contributed by atoms with Crippen LogP contribution in [0.4, 0.5) is 4.39 Å². The van der Waals surface area contributed by atoms with Crippen LogP contribution in [0.25, 0.3) is 0 Å². The summed E-state index contributed by atoms with van der Waals surface area (Å²) in [4.78, 5) is 27.9. The lowest BCUT2D eigenvalue weighted by molar-refractivity contribution is -0.136. The van der Waals surface area contributed by atoms with Crippen molar-refractivity contribution in [3.8, 4) is 0 Å². The molecule has 0 saturated heterocycles. The summed E-state index contributed by atoms with van der Waals surface area (Å²) in [6.45, 7) is 0.940. The number of esters is 1. The summed E-state index contributed by atoms with van der Waals surface area (Å²) in [7, 11) is 0. The van der Waals surface area contributed by atoms with Crippen molar-refractivity contribution >= 4 is 11.9 Å². The van der Waals surface area contributed by atoms with E-state index in [2.05, 4.69) is 10.3 Å². The van der Waals surface area contributed by atoms with Crippen molar-refractivity contribution in [2.24, 2.45) is 0 Å². The molecule has 0 spiro atoms. The van der Waals surface area contributed by atoms with Gasteiger partial charge in [0.2, 0.25) is 0 Å². The number of aliphatic carboxylic acids is 1. The molecule has 3 rings (SSSR count). The molecule has 1 aromatic heterocycles. The maximum atomic E-state index is 13.4. The van der Waals surface area contributed by atoms with Crippen LogP contribution in [0.3, 0.4) is 0 Å². The van der Waals surface area contributed by atoms with E-state index in [1.807, 2.05) is 6.92 Å². The maximum absolute atomic E-state index is 13.4. The largest absolute Gasteiger partial charge is 0.478 e. The molecule has 23 heavy (non-hydrogen) atoms. The van der Waals surface area contributed by atoms with Crippen LogP contribution in [0.5, 0.6) is 0 Å². The second kappa shape index (κ2) is 5.83. The molecule has 3 heterocycles. The number of nitrogens with one attached hydrogen (secondary N) is 1. The Hall–Kier alpha value is -2.70. The smallest absolute Gasteiger partial charge is 0.337 e. The van der Waals surface area contributed by atoms with E-state index in [9.17, 15) is 19.1 Å². The first-order valence-corrected chi connectivity index (χ1v) is 7.20. The second-order valence-corrected chi connectivity index (χ2v) is 5.29. The van der Waals surface area contributed by atoms with E-state index in [0.717, 1.165) is 5.56 Å². The molecular weight excluding hydrogens is 303 g/mol. The van der Waals surface area contributed by atoms with Crippen molar-refractivity contribution in [3.05, 3.63) is 52.1 Å². The third-order valence-electron chi connectivity index (χ3n) is 4.10. The first kappa shape index (κ1) is 15.2. The third kappa shape index (κ3) is 2.38. The predicted molar refractivity (Wildman–Crippen MR) is 78.1 cm³/mol. The molecule has 6 nitrogen and oxygen atoms in total. The van der Waals surface area contributed by atoms with Gasteiger partial charge in [-0.2, -0.15) is 0 Å². The number of aromatic nitrogens is 1. The van der Waals surface area contributed by atoms with Gasteiger partial charge in [0.25, 0.3) is 0 Å². The number of carboxylic acids is 1. The highest BCUT2D eigenvalue weighted by Gasteiger charge is 2.42. The number of pyridine rings is 1. The molecule has 1 unspecified atom stereocenters. The van der Waals surface area contributed by atoms with Gasteiger partial charge in [-0.3, -0.25) is 4.98 Å². The maximum Gasteiger partial charge on any atom is 0.337 e. The van der Waals surface area contributed by atoms with Gasteiger partial charge in [0.05, 0.1) is 28.5 Å². The number of alkyl halides is 1. The van der Waals surface area contributed by atoms with Gasteiger partial charge in [0.15, 0.2) is 0 Å². The summed E-state index contributed by atoms with van der Waals surface area (Å²) in [5.41, 5.74) is 1.87. The summed E-state index contributed by atoms with van der Waals surface area (Å²) < 4.78 is 18.4. The number of cyclic esters (lactones) is 1. The molecule has 0 aromatic carbocycles. The van der Waals surface area contributed by atoms with Gasteiger partial charge in [0.1, 0.15) is 13.3 Å². The zero-order chi connectivity index (χ0) is 16.6. The monoisotopic (exact) mass is 318 g/mol. The Morgan fingerprint density at radius 3 is 3.00 bits per heavy atom. The molecule has 0 amide bonds. The van der Waals surface area contributed by atoms with Crippen molar-refractivity contribution in [1.29, 1.82) is 0 Å². The summed E-state index contributed by atoms with van der Waals surface area (Å²) >= 11 is 0. The Kier molecular flexibility index (Phi) is 3.85.